The van der Waals surface area contributed by atoms with Crippen molar-refractivity contribution in [3.63, 3.8) is 0 Å². The van der Waals surface area contributed by atoms with E-state index in [0.29, 0.717) is 19.6 Å². The normalized spacial score (nSPS) is 11.9. The number of rotatable bonds is 6. The first-order valence-electron chi connectivity index (χ1n) is 3.73. The Morgan fingerprint density at radius 3 is 2.50 bits per heavy atom. The Hall–Kier alpha value is -0.390. The quantitative estimate of drug-likeness (QED) is 0.585. The van der Waals surface area contributed by atoms with E-state index in [9.17, 15) is 8.42 Å². The second kappa shape index (κ2) is 5.29. The lowest BCUT2D eigenvalue weighted by atomic mass is 10.5. The average Bonchev–Trinajstić information content (AvgIpc) is 1.95. The maximum Gasteiger partial charge on any atom is 0.211 e. The van der Waals surface area contributed by atoms with Crippen LogP contribution in [0.2, 0.25) is 0 Å². The Balaban J connectivity index is 4.14. The summed E-state index contributed by atoms with van der Waals surface area (Å²) in [6.45, 7) is 5.01. The maximum atomic E-state index is 11.1. The van der Waals surface area contributed by atoms with Crippen molar-refractivity contribution in [1.82, 2.24) is 9.62 Å². The molecule has 0 bridgehead atoms. The molecule has 0 amide bonds. The zero-order valence-electron chi connectivity index (χ0n) is 7.58. The fourth-order valence-corrected chi connectivity index (χ4v) is 1.57. The molecule has 0 aliphatic rings. The molecule has 0 unspecified atom stereocenters. The van der Waals surface area contributed by atoms with E-state index in [-0.39, 0.29) is 0 Å². The highest BCUT2D eigenvalue weighted by molar-refractivity contribution is 7.88. The molecule has 0 saturated carbocycles. The number of hydrogen-bond donors (Lipinski definition) is 1. The molecule has 0 aromatic rings. The molecule has 0 aromatic heterocycles. The summed E-state index contributed by atoms with van der Waals surface area (Å²) in [6.07, 6.45) is 2.78. The first-order chi connectivity index (χ1) is 5.52. The monoisotopic (exact) mass is 192 g/mol. The van der Waals surface area contributed by atoms with Gasteiger partial charge in [-0.15, -0.1) is 6.58 Å². The van der Waals surface area contributed by atoms with Crippen molar-refractivity contribution in [2.45, 2.75) is 0 Å². The molecule has 0 rings (SSSR count). The van der Waals surface area contributed by atoms with Crippen LogP contribution >= 0.6 is 0 Å². The minimum absolute atomic E-state index is 0.376. The Kier molecular flexibility index (Phi) is 5.12. The van der Waals surface area contributed by atoms with Crippen molar-refractivity contribution in [2.75, 3.05) is 32.9 Å². The van der Waals surface area contributed by atoms with E-state index in [2.05, 4.69) is 11.9 Å². The number of nitrogens with one attached hydrogen (secondary N) is 1. The lowest BCUT2D eigenvalue weighted by molar-refractivity contribution is 0.444. The first kappa shape index (κ1) is 11.6. The van der Waals surface area contributed by atoms with Gasteiger partial charge in [-0.3, -0.25) is 0 Å². The Labute approximate surface area is 74.3 Å². The SMILES string of the molecule is C=CCN(CCNC)S(C)(=O)=O. The molecule has 0 aromatic carbocycles. The predicted molar refractivity (Wildman–Crippen MR) is 50.5 cm³/mol. The summed E-state index contributed by atoms with van der Waals surface area (Å²) in [7, 11) is -1.29. The van der Waals surface area contributed by atoms with Crippen LogP contribution in [-0.2, 0) is 10.0 Å². The molecule has 0 saturated heterocycles. The van der Waals surface area contributed by atoms with Crippen LogP contribution in [0.15, 0.2) is 12.7 Å². The standard InChI is InChI=1S/C7H16N2O2S/c1-4-6-9(7-5-8-2)12(3,10)11/h4,8H,1,5-7H2,2-3H3. The van der Waals surface area contributed by atoms with E-state index in [1.807, 2.05) is 0 Å². The second-order valence-corrected chi connectivity index (χ2v) is 4.50. The van der Waals surface area contributed by atoms with Gasteiger partial charge in [-0.1, -0.05) is 6.08 Å². The molecule has 0 aliphatic carbocycles. The Morgan fingerprint density at radius 2 is 2.17 bits per heavy atom. The highest BCUT2D eigenvalue weighted by Crippen LogP contribution is 1.95. The van der Waals surface area contributed by atoms with Crippen LogP contribution in [0.25, 0.3) is 0 Å². The molecule has 0 fully saturated rings. The molecule has 0 heterocycles. The van der Waals surface area contributed by atoms with Gasteiger partial charge in [-0.25, -0.2) is 8.42 Å². The molecule has 0 atom stereocenters. The smallest absolute Gasteiger partial charge is 0.211 e. The molecule has 72 valence electrons. The lowest BCUT2D eigenvalue weighted by Crippen LogP contribution is -2.35. The highest BCUT2D eigenvalue weighted by atomic mass is 32.2. The minimum atomic E-state index is -3.08. The van der Waals surface area contributed by atoms with Crippen molar-refractivity contribution < 1.29 is 8.42 Å². The van der Waals surface area contributed by atoms with Crippen molar-refractivity contribution >= 4 is 10.0 Å². The largest absolute Gasteiger partial charge is 0.318 e. The van der Waals surface area contributed by atoms with Gasteiger partial charge < -0.3 is 5.32 Å². The molecule has 4 nitrogen and oxygen atoms in total. The van der Waals surface area contributed by atoms with Crippen molar-refractivity contribution in [1.29, 1.82) is 0 Å². The molecule has 5 heteroatoms. The van der Waals surface area contributed by atoms with Gasteiger partial charge in [0.25, 0.3) is 0 Å². The van der Waals surface area contributed by atoms with Crippen LogP contribution in [0.3, 0.4) is 0 Å². The summed E-state index contributed by atoms with van der Waals surface area (Å²) < 4.78 is 23.5. The van der Waals surface area contributed by atoms with Gasteiger partial charge >= 0.3 is 0 Å². The van der Waals surface area contributed by atoms with E-state index in [1.54, 1.807) is 13.1 Å². The summed E-state index contributed by atoms with van der Waals surface area (Å²) in [5.41, 5.74) is 0. The third kappa shape index (κ3) is 4.48. The van der Waals surface area contributed by atoms with Gasteiger partial charge in [0.1, 0.15) is 0 Å². The highest BCUT2D eigenvalue weighted by Gasteiger charge is 2.13. The number of likely N-dealkylation sites (N-methyl/N-ethyl adjacent to an activating group) is 1. The number of nitrogens with zero attached hydrogens (tertiary/aromatic N) is 1. The van der Waals surface area contributed by atoms with E-state index in [0.717, 1.165) is 0 Å². The fourth-order valence-electron chi connectivity index (χ4n) is 0.773. The molecule has 0 spiro atoms. The second-order valence-electron chi connectivity index (χ2n) is 2.51. The summed E-state index contributed by atoms with van der Waals surface area (Å²) in [5, 5.41) is 2.89. The van der Waals surface area contributed by atoms with E-state index < -0.39 is 10.0 Å². The van der Waals surface area contributed by atoms with Gasteiger partial charge in [0.2, 0.25) is 10.0 Å². The van der Waals surface area contributed by atoms with Gasteiger partial charge in [-0.2, -0.15) is 4.31 Å². The molecule has 1 N–H and O–H groups in total. The zero-order chi connectivity index (χ0) is 9.61. The van der Waals surface area contributed by atoms with E-state index >= 15 is 0 Å². The molecule has 0 aliphatic heterocycles. The number of hydrogen-bond acceptors (Lipinski definition) is 3. The van der Waals surface area contributed by atoms with Crippen LogP contribution in [0.4, 0.5) is 0 Å². The van der Waals surface area contributed by atoms with Crippen molar-refractivity contribution in [3.05, 3.63) is 12.7 Å². The molecular formula is C7H16N2O2S. The van der Waals surface area contributed by atoms with Crippen molar-refractivity contribution in [3.8, 4) is 0 Å². The summed E-state index contributed by atoms with van der Waals surface area (Å²) in [4.78, 5) is 0. The van der Waals surface area contributed by atoms with Crippen molar-refractivity contribution in [2.24, 2.45) is 0 Å². The summed E-state index contributed by atoms with van der Waals surface area (Å²) in [6, 6.07) is 0. The lowest BCUT2D eigenvalue weighted by Gasteiger charge is -2.17. The summed E-state index contributed by atoms with van der Waals surface area (Å²) >= 11 is 0. The zero-order valence-corrected chi connectivity index (χ0v) is 8.39. The average molecular weight is 192 g/mol. The van der Waals surface area contributed by atoms with E-state index in [1.165, 1.54) is 10.6 Å². The van der Waals surface area contributed by atoms with Gasteiger partial charge in [0.15, 0.2) is 0 Å². The summed E-state index contributed by atoms with van der Waals surface area (Å²) in [5.74, 6) is 0. The minimum Gasteiger partial charge on any atom is -0.318 e. The van der Waals surface area contributed by atoms with Crippen LogP contribution in [0.5, 0.6) is 0 Å². The van der Waals surface area contributed by atoms with Gasteiger partial charge in [-0.05, 0) is 7.05 Å². The van der Waals surface area contributed by atoms with Gasteiger partial charge in [0.05, 0.1) is 6.26 Å². The predicted octanol–water partition coefficient (Wildman–Crippen LogP) is -0.347. The fraction of sp³-hybridized carbons (Fsp3) is 0.714. The van der Waals surface area contributed by atoms with Crippen LogP contribution < -0.4 is 5.32 Å². The Bertz CT molecular complexity index is 224. The Morgan fingerprint density at radius 1 is 1.58 bits per heavy atom. The molecular weight excluding hydrogens is 176 g/mol. The number of sulfonamides is 1. The molecule has 12 heavy (non-hydrogen) atoms. The first-order valence-corrected chi connectivity index (χ1v) is 5.57. The van der Waals surface area contributed by atoms with Crippen LogP contribution in [0, 0.1) is 0 Å². The third-order valence-corrected chi connectivity index (χ3v) is 2.68. The molecule has 0 radical (unpaired) electrons. The van der Waals surface area contributed by atoms with E-state index in [4.69, 9.17) is 0 Å². The maximum absolute atomic E-state index is 11.1. The van der Waals surface area contributed by atoms with Crippen LogP contribution in [-0.4, -0.2) is 45.7 Å². The topological polar surface area (TPSA) is 49.4 Å². The third-order valence-electron chi connectivity index (χ3n) is 1.41. The van der Waals surface area contributed by atoms with Crippen LogP contribution in [0.1, 0.15) is 0 Å². The van der Waals surface area contributed by atoms with Gasteiger partial charge in [0, 0.05) is 19.6 Å².